The van der Waals surface area contributed by atoms with Crippen molar-refractivity contribution < 1.29 is 4.79 Å². The lowest BCUT2D eigenvalue weighted by Gasteiger charge is -2.23. The lowest BCUT2D eigenvalue weighted by atomic mass is 9.80. The van der Waals surface area contributed by atoms with Crippen LogP contribution in [0, 0.1) is 5.92 Å². The molecular formula is C21H25NO. The van der Waals surface area contributed by atoms with Gasteiger partial charge in [0.1, 0.15) is 5.78 Å². The summed E-state index contributed by atoms with van der Waals surface area (Å²) in [6.45, 7) is 4.34. The van der Waals surface area contributed by atoms with Crippen molar-refractivity contribution in [2.45, 2.75) is 51.9 Å². The molecule has 0 saturated carbocycles. The van der Waals surface area contributed by atoms with E-state index in [-0.39, 0.29) is 5.92 Å². The standard InChI is InChI=1S/C21H25NO/c1-15(2)20-11-16(13-22-14-20)7-10-21(23)19-9-8-17-5-3-4-6-18(17)12-19/h3-6,11,13-15,19H,7-10,12H2,1-2H3. The molecule has 1 aromatic carbocycles. The molecular weight excluding hydrogens is 282 g/mol. The molecule has 2 nitrogen and oxygen atoms in total. The van der Waals surface area contributed by atoms with Crippen molar-refractivity contribution in [3.63, 3.8) is 0 Å². The van der Waals surface area contributed by atoms with Gasteiger partial charge < -0.3 is 0 Å². The average Bonchev–Trinajstić information content (AvgIpc) is 2.59. The first-order valence-electron chi connectivity index (χ1n) is 8.67. The molecule has 1 heterocycles. The van der Waals surface area contributed by atoms with Gasteiger partial charge in [-0.05, 0) is 53.9 Å². The molecule has 0 fully saturated rings. The summed E-state index contributed by atoms with van der Waals surface area (Å²) in [4.78, 5) is 16.9. The lowest BCUT2D eigenvalue weighted by molar-refractivity contribution is -0.123. The van der Waals surface area contributed by atoms with Crippen LogP contribution in [-0.2, 0) is 24.1 Å². The quantitative estimate of drug-likeness (QED) is 0.813. The Hall–Kier alpha value is -1.96. The van der Waals surface area contributed by atoms with Crippen LogP contribution in [0.5, 0.6) is 0 Å². The van der Waals surface area contributed by atoms with E-state index >= 15 is 0 Å². The minimum absolute atomic E-state index is 0.200. The van der Waals surface area contributed by atoms with E-state index in [1.54, 1.807) is 0 Å². The molecule has 2 heteroatoms. The van der Waals surface area contributed by atoms with Crippen molar-refractivity contribution in [2.75, 3.05) is 0 Å². The van der Waals surface area contributed by atoms with Crippen molar-refractivity contribution in [1.82, 2.24) is 4.98 Å². The third kappa shape index (κ3) is 3.87. The van der Waals surface area contributed by atoms with Crippen LogP contribution in [0.1, 0.15) is 54.9 Å². The maximum absolute atomic E-state index is 12.6. The van der Waals surface area contributed by atoms with Gasteiger partial charge in [-0.15, -0.1) is 0 Å². The number of ketones is 1. The highest BCUT2D eigenvalue weighted by Crippen LogP contribution is 2.27. The summed E-state index contributed by atoms with van der Waals surface area (Å²) >= 11 is 0. The summed E-state index contributed by atoms with van der Waals surface area (Å²) in [6, 6.07) is 10.7. The molecule has 1 aromatic heterocycles. The number of hydrogen-bond donors (Lipinski definition) is 0. The highest BCUT2D eigenvalue weighted by atomic mass is 16.1. The number of carbonyl (C=O) groups is 1. The third-order valence-electron chi connectivity index (χ3n) is 4.94. The van der Waals surface area contributed by atoms with E-state index in [1.165, 1.54) is 22.3 Å². The van der Waals surface area contributed by atoms with E-state index < -0.39 is 0 Å². The molecule has 0 aliphatic heterocycles. The molecule has 0 radical (unpaired) electrons. The normalized spacial score (nSPS) is 17.1. The van der Waals surface area contributed by atoms with Crippen molar-refractivity contribution in [2.24, 2.45) is 5.92 Å². The van der Waals surface area contributed by atoms with E-state index in [1.807, 2.05) is 12.4 Å². The number of benzene rings is 1. The van der Waals surface area contributed by atoms with E-state index in [9.17, 15) is 4.79 Å². The number of hydrogen-bond acceptors (Lipinski definition) is 2. The number of aryl methyl sites for hydroxylation is 2. The second kappa shape index (κ2) is 7.08. The molecule has 1 atom stereocenters. The molecule has 120 valence electrons. The Morgan fingerprint density at radius 1 is 1.22 bits per heavy atom. The second-order valence-corrected chi connectivity index (χ2v) is 6.96. The average molecular weight is 307 g/mol. The molecule has 1 unspecified atom stereocenters. The van der Waals surface area contributed by atoms with Gasteiger partial charge in [0.2, 0.25) is 0 Å². The van der Waals surface area contributed by atoms with Crippen molar-refractivity contribution >= 4 is 5.78 Å². The Morgan fingerprint density at radius 2 is 2.00 bits per heavy atom. The second-order valence-electron chi connectivity index (χ2n) is 6.96. The van der Waals surface area contributed by atoms with Crippen LogP contribution in [0.25, 0.3) is 0 Å². The smallest absolute Gasteiger partial charge is 0.136 e. The molecule has 1 aliphatic carbocycles. The third-order valence-corrected chi connectivity index (χ3v) is 4.94. The first kappa shape index (κ1) is 15.9. The van der Waals surface area contributed by atoms with E-state index in [0.717, 1.165) is 25.7 Å². The summed E-state index contributed by atoms with van der Waals surface area (Å²) in [5.41, 5.74) is 5.22. The summed E-state index contributed by atoms with van der Waals surface area (Å²) in [5.74, 6) is 1.09. The number of carbonyl (C=O) groups excluding carboxylic acids is 1. The van der Waals surface area contributed by atoms with E-state index in [2.05, 4.69) is 49.2 Å². The van der Waals surface area contributed by atoms with Crippen LogP contribution in [0.3, 0.4) is 0 Å². The highest BCUT2D eigenvalue weighted by Gasteiger charge is 2.23. The van der Waals surface area contributed by atoms with Gasteiger partial charge in [0, 0.05) is 24.7 Å². The molecule has 0 spiro atoms. The Kier molecular flexibility index (Phi) is 4.90. The lowest BCUT2D eigenvalue weighted by Crippen LogP contribution is -2.23. The first-order valence-corrected chi connectivity index (χ1v) is 8.67. The molecule has 0 bridgehead atoms. The van der Waals surface area contributed by atoms with Gasteiger partial charge in [0.15, 0.2) is 0 Å². The van der Waals surface area contributed by atoms with Crippen LogP contribution < -0.4 is 0 Å². The van der Waals surface area contributed by atoms with Gasteiger partial charge in [0.05, 0.1) is 0 Å². The first-order chi connectivity index (χ1) is 11.1. The maximum atomic E-state index is 12.6. The van der Waals surface area contributed by atoms with Gasteiger partial charge in [-0.2, -0.15) is 0 Å². The fraction of sp³-hybridized carbons (Fsp3) is 0.429. The van der Waals surface area contributed by atoms with Crippen LogP contribution in [-0.4, -0.2) is 10.8 Å². The van der Waals surface area contributed by atoms with Crippen molar-refractivity contribution in [3.8, 4) is 0 Å². The molecule has 0 amide bonds. The van der Waals surface area contributed by atoms with Crippen LogP contribution in [0.4, 0.5) is 0 Å². The predicted molar refractivity (Wildman–Crippen MR) is 93.6 cm³/mol. The molecule has 23 heavy (non-hydrogen) atoms. The number of aromatic nitrogens is 1. The SMILES string of the molecule is CC(C)c1cncc(CCC(=O)C2CCc3ccccc3C2)c1. The van der Waals surface area contributed by atoms with E-state index in [0.29, 0.717) is 18.1 Å². The van der Waals surface area contributed by atoms with Crippen molar-refractivity contribution in [1.29, 1.82) is 0 Å². The fourth-order valence-corrected chi connectivity index (χ4v) is 3.40. The van der Waals surface area contributed by atoms with E-state index in [4.69, 9.17) is 0 Å². The van der Waals surface area contributed by atoms with Gasteiger partial charge >= 0.3 is 0 Å². The van der Waals surface area contributed by atoms with Crippen LogP contribution in [0.2, 0.25) is 0 Å². The number of pyridine rings is 1. The molecule has 2 aromatic rings. The summed E-state index contributed by atoms with van der Waals surface area (Å²) in [6.07, 6.45) is 8.22. The number of rotatable bonds is 5. The van der Waals surface area contributed by atoms with Crippen LogP contribution >= 0.6 is 0 Å². The number of nitrogens with zero attached hydrogens (tertiary/aromatic N) is 1. The largest absolute Gasteiger partial charge is 0.299 e. The van der Waals surface area contributed by atoms with Crippen LogP contribution in [0.15, 0.2) is 42.7 Å². The van der Waals surface area contributed by atoms with Gasteiger partial charge in [0.25, 0.3) is 0 Å². The van der Waals surface area contributed by atoms with Crippen molar-refractivity contribution in [3.05, 3.63) is 65.0 Å². The minimum Gasteiger partial charge on any atom is -0.299 e. The fourth-order valence-electron chi connectivity index (χ4n) is 3.40. The molecule has 0 saturated heterocycles. The summed E-state index contributed by atoms with van der Waals surface area (Å²) < 4.78 is 0. The zero-order chi connectivity index (χ0) is 16.2. The minimum atomic E-state index is 0.200. The number of fused-ring (bicyclic) bond motifs is 1. The van der Waals surface area contributed by atoms with Gasteiger partial charge in [-0.3, -0.25) is 9.78 Å². The Bertz CT molecular complexity index is 690. The van der Waals surface area contributed by atoms with Gasteiger partial charge in [-0.25, -0.2) is 0 Å². The highest BCUT2D eigenvalue weighted by molar-refractivity contribution is 5.81. The zero-order valence-electron chi connectivity index (χ0n) is 14.1. The Balaban J connectivity index is 1.59. The Labute approximate surface area is 139 Å². The number of Topliss-reactive ketones (excluding diaryl/α,β-unsaturated/α-hetero) is 1. The predicted octanol–water partition coefficient (Wildman–Crippen LogP) is 4.51. The van der Waals surface area contributed by atoms with Gasteiger partial charge in [-0.1, -0.05) is 44.2 Å². The zero-order valence-corrected chi connectivity index (χ0v) is 14.1. The summed E-state index contributed by atoms with van der Waals surface area (Å²) in [5, 5.41) is 0. The molecule has 3 rings (SSSR count). The Morgan fingerprint density at radius 3 is 2.78 bits per heavy atom. The molecule has 0 N–H and O–H groups in total. The monoisotopic (exact) mass is 307 g/mol. The molecule has 1 aliphatic rings. The topological polar surface area (TPSA) is 30.0 Å². The summed E-state index contributed by atoms with van der Waals surface area (Å²) in [7, 11) is 0. The maximum Gasteiger partial charge on any atom is 0.136 e.